The first-order valence-corrected chi connectivity index (χ1v) is 7.20. The number of likely N-dealkylation sites (N-methyl/N-ethyl adjacent to an activating group) is 1. The first kappa shape index (κ1) is 14.0. The molecule has 1 aliphatic rings. The second-order valence-corrected chi connectivity index (χ2v) is 5.64. The molecule has 2 aromatic rings. The summed E-state index contributed by atoms with van der Waals surface area (Å²) in [6, 6.07) is 10.6. The summed E-state index contributed by atoms with van der Waals surface area (Å²) in [5.74, 6) is 0.875. The third-order valence-corrected chi connectivity index (χ3v) is 4.28. The molecule has 2 unspecified atom stereocenters. The summed E-state index contributed by atoms with van der Waals surface area (Å²) in [6.07, 6.45) is 4.69. The van der Waals surface area contributed by atoms with E-state index in [9.17, 15) is 0 Å². The van der Waals surface area contributed by atoms with Gasteiger partial charge in [-0.3, -0.25) is 9.88 Å². The highest BCUT2D eigenvalue weighted by Crippen LogP contribution is 2.35. The summed E-state index contributed by atoms with van der Waals surface area (Å²) in [4.78, 5) is 6.48. The van der Waals surface area contributed by atoms with Crippen molar-refractivity contribution in [2.24, 2.45) is 5.73 Å². The van der Waals surface area contributed by atoms with Gasteiger partial charge in [0.15, 0.2) is 0 Å². The molecule has 2 atom stereocenters. The maximum absolute atomic E-state index is 6.46. The zero-order valence-electron chi connectivity index (χ0n) is 12.5. The number of rotatable bonds is 4. The Labute approximate surface area is 125 Å². The van der Waals surface area contributed by atoms with Gasteiger partial charge >= 0.3 is 0 Å². The molecule has 0 saturated carbocycles. The van der Waals surface area contributed by atoms with Crippen molar-refractivity contribution in [1.82, 2.24) is 9.88 Å². The van der Waals surface area contributed by atoms with Gasteiger partial charge in [-0.25, -0.2) is 0 Å². The molecular formula is C17H21N3O. The molecule has 4 heteroatoms. The van der Waals surface area contributed by atoms with Crippen LogP contribution >= 0.6 is 0 Å². The number of hydrogen-bond acceptors (Lipinski definition) is 4. The Morgan fingerprint density at radius 3 is 2.95 bits per heavy atom. The van der Waals surface area contributed by atoms with Crippen molar-refractivity contribution in [3.8, 4) is 5.75 Å². The highest BCUT2D eigenvalue weighted by atomic mass is 16.5. The highest BCUT2D eigenvalue weighted by molar-refractivity contribution is 5.42. The first-order valence-electron chi connectivity index (χ1n) is 7.20. The van der Waals surface area contributed by atoms with Crippen LogP contribution in [-0.2, 0) is 13.0 Å². The van der Waals surface area contributed by atoms with Gasteiger partial charge in [0.05, 0.1) is 7.11 Å². The predicted molar refractivity (Wildman–Crippen MR) is 83.1 cm³/mol. The number of nitrogens with zero attached hydrogens (tertiary/aromatic N) is 2. The van der Waals surface area contributed by atoms with Gasteiger partial charge in [-0.1, -0.05) is 12.1 Å². The fraction of sp³-hybridized carbons (Fsp3) is 0.353. The Balaban J connectivity index is 1.76. The lowest BCUT2D eigenvalue weighted by Crippen LogP contribution is -2.38. The normalized spacial score (nSPS) is 20.6. The molecule has 110 valence electrons. The van der Waals surface area contributed by atoms with E-state index in [-0.39, 0.29) is 6.04 Å². The van der Waals surface area contributed by atoms with Gasteiger partial charge in [-0.2, -0.15) is 0 Å². The largest absolute Gasteiger partial charge is 0.497 e. The van der Waals surface area contributed by atoms with E-state index < -0.39 is 0 Å². The summed E-state index contributed by atoms with van der Waals surface area (Å²) in [6.45, 7) is 0.858. The van der Waals surface area contributed by atoms with E-state index in [2.05, 4.69) is 35.1 Å². The quantitative estimate of drug-likeness (QED) is 0.934. The van der Waals surface area contributed by atoms with Crippen LogP contribution in [0.1, 0.15) is 22.7 Å². The second-order valence-electron chi connectivity index (χ2n) is 5.64. The molecule has 0 aliphatic heterocycles. The van der Waals surface area contributed by atoms with E-state index in [1.165, 1.54) is 16.7 Å². The zero-order valence-corrected chi connectivity index (χ0v) is 12.5. The fourth-order valence-corrected chi connectivity index (χ4v) is 3.08. The van der Waals surface area contributed by atoms with Crippen LogP contribution in [0.3, 0.4) is 0 Å². The molecule has 0 bridgehead atoms. The van der Waals surface area contributed by atoms with E-state index in [1.807, 2.05) is 18.3 Å². The van der Waals surface area contributed by atoms with Crippen molar-refractivity contribution in [3.63, 3.8) is 0 Å². The van der Waals surface area contributed by atoms with Crippen molar-refractivity contribution in [3.05, 3.63) is 59.4 Å². The van der Waals surface area contributed by atoms with E-state index >= 15 is 0 Å². The van der Waals surface area contributed by atoms with Crippen molar-refractivity contribution in [1.29, 1.82) is 0 Å². The molecule has 3 rings (SSSR count). The van der Waals surface area contributed by atoms with Crippen molar-refractivity contribution >= 4 is 0 Å². The number of aromatic nitrogens is 1. The topological polar surface area (TPSA) is 51.4 Å². The Bertz CT molecular complexity index is 615. The minimum atomic E-state index is 0.0248. The van der Waals surface area contributed by atoms with E-state index in [4.69, 9.17) is 10.5 Å². The Hall–Kier alpha value is -1.91. The summed E-state index contributed by atoms with van der Waals surface area (Å²) in [7, 11) is 3.81. The SMILES string of the molecule is COc1ccc2c(c1)C(N)C(N(C)Cc1cccnc1)C2. The molecule has 0 fully saturated rings. The zero-order chi connectivity index (χ0) is 14.8. The number of nitrogens with two attached hydrogens (primary N) is 1. The minimum Gasteiger partial charge on any atom is -0.497 e. The van der Waals surface area contributed by atoms with Gasteiger partial charge < -0.3 is 10.5 Å². The number of methoxy groups -OCH3 is 1. The van der Waals surface area contributed by atoms with Gasteiger partial charge in [0.1, 0.15) is 5.75 Å². The third kappa shape index (κ3) is 2.77. The summed E-state index contributed by atoms with van der Waals surface area (Å²) in [5.41, 5.74) is 10.2. The lowest BCUT2D eigenvalue weighted by Gasteiger charge is -2.27. The third-order valence-electron chi connectivity index (χ3n) is 4.28. The monoisotopic (exact) mass is 283 g/mol. The summed E-state index contributed by atoms with van der Waals surface area (Å²) < 4.78 is 5.30. The van der Waals surface area contributed by atoms with Crippen molar-refractivity contribution < 1.29 is 4.74 Å². The number of fused-ring (bicyclic) bond motifs is 1. The van der Waals surface area contributed by atoms with Crippen LogP contribution in [0.5, 0.6) is 5.75 Å². The molecule has 1 aromatic heterocycles. The molecule has 4 nitrogen and oxygen atoms in total. The second kappa shape index (κ2) is 5.84. The Kier molecular flexibility index (Phi) is 3.90. The maximum atomic E-state index is 6.46. The lowest BCUT2D eigenvalue weighted by molar-refractivity contribution is 0.214. The minimum absolute atomic E-state index is 0.0248. The van der Waals surface area contributed by atoms with Crippen molar-refractivity contribution in [2.45, 2.75) is 25.0 Å². The van der Waals surface area contributed by atoms with Crippen LogP contribution < -0.4 is 10.5 Å². The average molecular weight is 283 g/mol. The Morgan fingerprint density at radius 2 is 2.24 bits per heavy atom. The van der Waals surface area contributed by atoms with Gasteiger partial charge in [-0.05, 0) is 48.4 Å². The fourth-order valence-electron chi connectivity index (χ4n) is 3.08. The number of benzene rings is 1. The average Bonchev–Trinajstić information content (AvgIpc) is 2.85. The molecule has 21 heavy (non-hydrogen) atoms. The molecule has 0 saturated heterocycles. The molecule has 0 spiro atoms. The first-order chi connectivity index (χ1) is 10.2. The number of pyridine rings is 1. The van der Waals surface area contributed by atoms with Crippen LogP contribution in [-0.4, -0.2) is 30.1 Å². The van der Waals surface area contributed by atoms with E-state index in [0.717, 1.165) is 18.7 Å². The molecule has 2 N–H and O–H groups in total. The van der Waals surface area contributed by atoms with Crippen LogP contribution in [0.4, 0.5) is 0 Å². The van der Waals surface area contributed by atoms with Crippen LogP contribution in [0.15, 0.2) is 42.7 Å². The van der Waals surface area contributed by atoms with Crippen LogP contribution in [0, 0.1) is 0 Å². The highest BCUT2D eigenvalue weighted by Gasteiger charge is 2.32. The molecular weight excluding hydrogens is 262 g/mol. The van der Waals surface area contributed by atoms with E-state index in [0.29, 0.717) is 6.04 Å². The Morgan fingerprint density at radius 1 is 1.38 bits per heavy atom. The standard InChI is InChI=1S/C17H21N3O/c1-20(11-12-4-3-7-19-10-12)16-8-13-5-6-14(21-2)9-15(13)17(16)18/h3-7,9-10,16-17H,8,11,18H2,1-2H3. The van der Waals surface area contributed by atoms with Gasteiger partial charge in [0, 0.05) is 31.0 Å². The van der Waals surface area contributed by atoms with E-state index in [1.54, 1.807) is 13.3 Å². The summed E-state index contributed by atoms with van der Waals surface area (Å²) >= 11 is 0. The molecule has 0 amide bonds. The van der Waals surface area contributed by atoms with Crippen molar-refractivity contribution in [2.75, 3.05) is 14.2 Å². The molecule has 0 radical (unpaired) electrons. The maximum Gasteiger partial charge on any atom is 0.119 e. The summed E-state index contributed by atoms with van der Waals surface area (Å²) in [5, 5.41) is 0. The van der Waals surface area contributed by atoms with Gasteiger partial charge in [0.2, 0.25) is 0 Å². The number of ether oxygens (including phenoxy) is 1. The van der Waals surface area contributed by atoms with Crippen LogP contribution in [0.2, 0.25) is 0 Å². The van der Waals surface area contributed by atoms with Gasteiger partial charge in [0.25, 0.3) is 0 Å². The molecule has 1 aromatic carbocycles. The molecule has 1 aliphatic carbocycles. The van der Waals surface area contributed by atoms with Gasteiger partial charge in [-0.15, -0.1) is 0 Å². The smallest absolute Gasteiger partial charge is 0.119 e. The molecule has 1 heterocycles. The lowest BCUT2D eigenvalue weighted by atomic mass is 10.1. The predicted octanol–water partition coefficient (Wildman–Crippen LogP) is 2.15. The number of hydrogen-bond donors (Lipinski definition) is 1. The van der Waals surface area contributed by atoms with Crippen LogP contribution in [0.25, 0.3) is 0 Å².